The van der Waals surface area contributed by atoms with Crippen LogP contribution >= 0.6 is 11.6 Å². The third kappa shape index (κ3) is 2.72. The molecule has 0 aliphatic carbocycles. The molecule has 0 spiro atoms. The molecule has 4 heteroatoms. The molecule has 2 N–H and O–H groups in total. The van der Waals surface area contributed by atoms with Crippen molar-refractivity contribution in [3.05, 3.63) is 22.8 Å². The van der Waals surface area contributed by atoms with Crippen molar-refractivity contribution < 1.29 is 0 Å². The third-order valence-electron chi connectivity index (χ3n) is 3.75. The Morgan fingerprint density at radius 2 is 2.24 bits per heavy atom. The van der Waals surface area contributed by atoms with Gasteiger partial charge in [-0.05, 0) is 29.9 Å². The number of aromatic nitrogens is 1. The molecule has 0 bridgehead atoms. The van der Waals surface area contributed by atoms with Gasteiger partial charge in [0.15, 0.2) is 0 Å². The van der Waals surface area contributed by atoms with E-state index in [9.17, 15) is 0 Å². The van der Waals surface area contributed by atoms with E-state index >= 15 is 0 Å². The second-order valence-electron chi connectivity index (χ2n) is 5.04. The zero-order chi connectivity index (χ0) is 12.4. The highest BCUT2D eigenvalue weighted by Gasteiger charge is 2.24. The lowest BCUT2D eigenvalue weighted by atomic mass is 9.89. The smallest absolute Gasteiger partial charge is 0.147 e. The maximum Gasteiger partial charge on any atom is 0.147 e. The molecule has 17 heavy (non-hydrogen) atoms. The first-order valence-corrected chi connectivity index (χ1v) is 6.59. The van der Waals surface area contributed by atoms with Gasteiger partial charge >= 0.3 is 0 Å². The topological polar surface area (TPSA) is 42.2 Å². The van der Waals surface area contributed by atoms with Gasteiger partial charge in [-0.15, -0.1) is 0 Å². The van der Waals surface area contributed by atoms with Gasteiger partial charge in [0, 0.05) is 25.8 Å². The molecule has 2 heterocycles. The van der Waals surface area contributed by atoms with Gasteiger partial charge in [-0.25, -0.2) is 4.98 Å². The van der Waals surface area contributed by atoms with Gasteiger partial charge < -0.3 is 10.6 Å². The maximum atomic E-state index is 6.27. The van der Waals surface area contributed by atoms with Crippen LogP contribution in [-0.4, -0.2) is 18.1 Å². The average molecular weight is 254 g/mol. The lowest BCUT2D eigenvalue weighted by Crippen LogP contribution is -2.39. The molecule has 3 nitrogen and oxygen atoms in total. The Morgan fingerprint density at radius 3 is 2.82 bits per heavy atom. The van der Waals surface area contributed by atoms with E-state index in [1.54, 1.807) is 0 Å². The molecule has 2 atom stereocenters. The van der Waals surface area contributed by atoms with E-state index in [1.165, 1.54) is 6.42 Å². The van der Waals surface area contributed by atoms with E-state index in [4.69, 9.17) is 17.3 Å². The number of piperidine rings is 1. The Bertz CT molecular complexity index is 394. The van der Waals surface area contributed by atoms with Crippen molar-refractivity contribution >= 4 is 17.4 Å². The van der Waals surface area contributed by atoms with Crippen molar-refractivity contribution in [2.45, 2.75) is 26.8 Å². The first-order chi connectivity index (χ1) is 8.11. The summed E-state index contributed by atoms with van der Waals surface area (Å²) in [5.41, 5.74) is 6.56. The summed E-state index contributed by atoms with van der Waals surface area (Å²) >= 11 is 6.27. The fourth-order valence-electron chi connectivity index (χ4n) is 2.27. The molecule has 1 aromatic rings. The van der Waals surface area contributed by atoms with Crippen LogP contribution in [-0.2, 0) is 6.54 Å². The van der Waals surface area contributed by atoms with E-state index in [0.29, 0.717) is 12.5 Å². The predicted octanol–water partition coefficient (Wildman–Crippen LogP) is 2.68. The molecule has 1 aliphatic heterocycles. The van der Waals surface area contributed by atoms with Gasteiger partial charge in [0.2, 0.25) is 0 Å². The van der Waals surface area contributed by atoms with E-state index in [0.717, 1.165) is 35.4 Å². The Hall–Kier alpha value is -0.800. The summed E-state index contributed by atoms with van der Waals surface area (Å²) in [7, 11) is 0. The Morgan fingerprint density at radius 1 is 1.47 bits per heavy atom. The minimum atomic E-state index is 0.487. The molecule has 0 radical (unpaired) electrons. The number of rotatable bonds is 2. The monoisotopic (exact) mass is 253 g/mol. The van der Waals surface area contributed by atoms with Crippen molar-refractivity contribution in [1.82, 2.24) is 4.98 Å². The van der Waals surface area contributed by atoms with Crippen molar-refractivity contribution in [3.63, 3.8) is 0 Å². The first kappa shape index (κ1) is 12.7. The van der Waals surface area contributed by atoms with Crippen LogP contribution in [0.3, 0.4) is 0 Å². The number of hydrogen-bond acceptors (Lipinski definition) is 3. The molecule has 0 aromatic carbocycles. The number of anilines is 1. The van der Waals surface area contributed by atoms with Crippen molar-refractivity contribution in [2.75, 3.05) is 18.0 Å². The maximum absolute atomic E-state index is 6.27. The van der Waals surface area contributed by atoms with Crippen LogP contribution in [0.5, 0.6) is 0 Å². The summed E-state index contributed by atoms with van der Waals surface area (Å²) in [6.07, 6.45) is 3.03. The van der Waals surface area contributed by atoms with Gasteiger partial charge in [0.25, 0.3) is 0 Å². The van der Waals surface area contributed by atoms with Gasteiger partial charge in [-0.1, -0.05) is 25.4 Å². The molecule has 0 amide bonds. The van der Waals surface area contributed by atoms with Crippen molar-refractivity contribution in [1.29, 1.82) is 0 Å². The Kier molecular flexibility index (Phi) is 3.89. The van der Waals surface area contributed by atoms with Crippen molar-refractivity contribution in [2.24, 2.45) is 17.6 Å². The summed E-state index contributed by atoms with van der Waals surface area (Å²) in [5.74, 6) is 2.38. The Labute approximate surface area is 108 Å². The lowest BCUT2D eigenvalue weighted by Gasteiger charge is -2.36. The number of halogens is 1. The highest BCUT2D eigenvalue weighted by atomic mass is 35.5. The largest absolute Gasteiger partial charge is 0.355 e. The molecule has 1 aromatic heterocycles. The first-order valence-electron chi connectivity index (χ1n) is 6.21. The summed E-state index contributed by atoms with van der Waals surface area (Å²) in [6, 6.07) is 1.92. The van der Waals surface area contributed by atoms with E-state index in [-0.39, 0.29) is 0 Å². The highest BCUT2D eigenvalue weighted by Crippen LogP contribution is 2.30. The Balaban J connectivity index is 2.17. The molecule has 1 fully saturated rings. The second-order valence-corrected chi connectivity index (χ2v) is 5.45. The molecule has 0 saturated carbocycles. The highest BCUT2D eigenvalue weighted by molar-refractivity contribution is 6.33. The standard InChI is InChI=1S/C13H20ClN3/c1-9-3-4-17(8-10(9)2)13-12(14)5-11(6-15)7-16-13/h5,7,9-10H,3-4,6,8,15H2,1-2H3. The fraction of sp³-hybridized carbons (Fsp3) is 0.615. The van der Waals surface area contributed by atoms with Crippen LogP contribution in [0.1, 0.15) is 25.8 Å². The molecule has 2 unspecified atom stereocenters. The molecule has 1 saturated heterocycles. The van der Waals surface area contributed by atoms with Gasteiger partial charge in [0.1, 0.15) is 5.82 Å². The number of nitrogens with zero attached hydrogens (tertiary/aromatic N) is 2. The van der Waals surface area contributed by atoms with Crippen LogP contribution in [0.2, 0.25) is 5.02 Å². The van der Waals surface area contributed by atoms with E-state index < -0.39 is 0 Å². The third-order valence-corrected chi connectivity index (χ3v) is 4.03. The SMILES string of the molecule is CC1CCN(c2ncc(CN)cc2Cl)CC1C. The minimum Gasteiger partial charge on any atom is -0.355 e. The fourth-order valence-corrected chi connectivity index (χ4v) is 2.58. The summed E-state index contributed by atoms with van der Waals surface area (Å²) in [6.45, 7) is 7.17. The van der Waals surface area contributed by atoms with E-state index in [1.807, 2.05) is 12.3 Å². The van der Waals surface area contributed by atoms with Crippen LogP contribution in [0, 0.1) is 11.8 Å². The molecular formula is C13H20ClN3. The number of nitrogens with two attached hydrogens (primary N) is 1. The molecule has 94 valence electrons. The quantitative estimate of drug-likeness (QED) is 0.881. The van der Waals surface area contributed by atoms with Crippen molar-refractivity contribution in [3.8, 4) is 0 Å². The summed E-state index contributed by atoms with van der Waals surface area (Å²) < 4.78 is 0. The zero-order valence-electron chi connectivity index (χ0n) is 10.5. The average Bonchev–Trinajstić information content (AvgIpc) is 2.32. The van der Waals surface area contributed by atoms with E-state index in [2.05, 4.69) is 23.7 Å². The molecule has 1 aliphatic rings. The molecular weight excluding hydrogens is 234 g/mol. The number of hydrogen-bond donors (Lipinski definition) is 1. The van der Waals surface area contributed by atoms with Crippen LogP contribution < -0.4 is 10.6 Å². The normalized spacial score (nSPS) is 25.1. The minimum absolute atomic E-state index is 0.487. The zero-order valence-corrected chi connectivity index (χ0v) is 11.2. The van der Waals surface area contributed by atoms with Crippen LogP contribution in [0.4, 0.5) is 5.82 Å². The second kappa shape index (κ2) is 5.23. The van der Waals surface area contributed by atoms with Gasteiger partial charge in [-0.3, -0.25) is 0 Å². The lowest BCUT2D eigenvalue weighted by molar-refractivity contribution is 0.323. The summed E-state index contributed by atoms with van der Waals surface area (Å²) in [4.78, 5) is 6.73. The van der Waals surface area contributed by atoms with Crippen LogP contribution in [0.25, 0.3) is 0 Å². The van der Waals surface area contributed by atoms with Gasteiger partial charge in [-0.2, -0.15) is 0 Å². The molecule has 2 rings (SSSR count). The number of pyridine rings is 1. The predicted molar refractivity (Wildman–Crippen MR) is 72.3 cm³/mol. The van der Waals surface area contributed by atoms with Gasteiger partial charge in [0.05, 0.1) is 5.02 Å². The van der Waals surface area contributed by atoms with Crippen LogP contribution in [0.15, 0.2) is 12.3 Å². The summed E-state index contributed by atoms with van der Waals surface area (Å²) in [5, 5.41) is 0.717.